The van der Waals surface area contributed by atoms with Crippen LogP contribution in [0.15, 0.2) is 10.9 Å². The van der Waals surface area contributed by atoms with Crippen molar-refractivity contribution in [1.29, 1.82) is 0 Å². The van der Waals surface area contributed by atoms with Crippen LogP contribution in [0.3, 0.4) is 0 Å². The van der Waals surface area contributed by atoms with Crippen LogP contribution in [0.4, 0.5) is 5.69 Å². The van der Waals surface area contributed by atoms with Crippen LogP contribution in [0.2, 0.25) is 0 Å². The first-order valence-corrected chi connectivity index (χ1v) is 6.19. The lowest BCUT2D eigenvalue weighted by Gasteiger charge is -2.17. The Hall–Kier alpha value is -1.65. The van der Waals surface area contributed by atoms with Crippen molar-refractivity contribution in [2.45, 2.75) is 39.5 Å². The number of nitrogens with zero attached hydrogens (tertiary/aromatic N) is 2. The van der Waals surface area contributed by atoms with E-state index in [2.05, 4.69) is 10.4 Å². The highest BCUT2D eigenvalue weighted by Gasteiger charge is 2.28. The third-order valence-electron chi connectivity index (χ3n) is 3.01. The quantitative estimate of drug-likeness (QED) is 0.866. The zero-order valence-corrected chi connectivity index (χ0v) is 11.3. The molecule has 1 heterocycles. The van der Waals surface area contributed by atoms with E-state index in [9.17, 15) is 9.59 Å². The first-order chi connectivity index (χ1) is 8.29. The minimum Gasteiger partial charge on any atom is -0.321 e. The molecule has 0 radical (unpaired) electrons. The molecule has 0 unspecified atom stereocenters. The van der Waals surface area contributed by atoms with Gasteiger partial charge >= 0.3 is 0 Å². The predicted octanol–water partition coefficient (Wildman–Crippen LogP) is 1.64. The molecule has 5 nitrogen and oxygen atoms in total. The van der Waals surface area contributed by atoms with Gasteiger partial charge in [0.1, 0.15) is 5.69 Å². The first-order valence-electron chi connectivity index (χ1n) is 6.19. The molecule has 18 heavy (non-hydrogen) atoms. The Morgan fingerprint density at radius 2 is 2.06 bits per heavy atom. The van der Waals surface area contributed by atoms with Gasteiger partial charge in [0.2, 0.25) is 5.91 Å². The molecule has 1 amide bonds. The largest absolute Gasteiger partial charge is 0.321 e. The molecule has 98 valence electrons. The Balaban J connectivity index is 2.32. The highest BCUT2D eigenvalue weighted by molar-refractivity contribution is 5.94. The molecule has 1 aromatic heterocycles. The third kappa shape index (κ3) is 2.60. The van der Waals surface area contributed by atoms with E-state index in [-0.39, 0.29) is 11.5 Å². The number of hydrogen-bond donors (Lipinski definition) is 1. The van der Waals surface area contributed by atoms with Gasteiger partial charge in [0.25, 0.3) is 5.56 Å². The second kappa shape index (κ2) is 4.23. The van der Waals surface area contributed by atoms with Crippen molar-refractivity contribution in [2.75, 3.05) is 5.32 Å². The number of hydrogen-bond acceptors (Lipinski definition) is 3. The van der Waals surface area contributed by atoms with Crippen molar-refractivity contribution in [3.63, 3.8) is 0 Å². The summed E-state index contributed by atoms with van der Waals surface area (Å²) in [4.78, 5) is 23.8. The fraction of sp³-hybridized carbons (Fsp3) is 0.615. The molecule has 2 rings (SSSR count). The summed E-state index contributed by atoms with van der Waals surface area (Å²) in [5.41, 5.74) is 0.432. The third-order valence-corrected chi connectivity index (χ3v) is 3.01. The van der Waals surface area contributed by atoms with E-state index in [0.29, 0.717) is 11.6 Å². The molecule has 0 saturated heterocycles. The van der Waals surface area contributed by atoms with Gasteiger partial charge in [-0.1, -0.05) is 20.8 Å². The number of carbonyl (C=O) groups is 1. The minimum absolute atomic E-state index is 0.160. The van der Waals surface area contributed by atoms with Crippen molar-refractivity contribution in [2.24, 2.45) is 12.5 Å². The Kier molecular flexibility index (Phi) is 3.00. The standard InChI is InChI=1S/C13H19N3O2/c1-13(2,3)12(18)14-10-7-9(8-5-6-8)15-16(4)11(10)17/h7-8H,5-6H2,1-4H3,(H,14,18). The van der Waals surface area contributed by atoms with E-state index >= 15 is 0 Å². The molecule has 1 saturated carbocycles. The van der Waals surface area contributed by atoms with Crippen LogP contribution in [-0.4, -0.2) is 15.7 Å². The number of rotatable bonds is 2. The summed E-state index contributed by atoms with van der Waals surface area (Å²) in [7, 11) is 1.61. The molecular weight excluding hydrogens is 230 g/mol. The predicted molar refractivity (Wildman–Crippen MR) is 69.5 cm³/mol. The molecule has 0 spiro atoms. The van der Waals surface area contributed by atoms with E-state index < -0.39 is 5.41 Å². The molecule has 1 aliphatic rings. The zero-order valence-electron chi connectivity index (χ0n) is 11.3. The van der Waals surface area contributed by atoms with Crippen molar-refractivity contribution >= 4 is 11.6 Å². The molecule has 0 aliphatic heterocycles. The van der Waals surface area contributed by atoms with Crippen LogP contribution < -0.4 is 10.9 Å². The van der Waals surface area contributed by atoms with Crippen molar-refractivity contribution in [3.05, 3.63) is 22.1 Å². The van der Waals surface area contributed by atoms with E-state index in [1.54, 1.807) is 13.1 Å². The van der Waals surface area contributed by atoms with Crippen molar-refractivity contribution < 1.29 is 4.79 Å². The number of amides is 1. The first kappa shape index (κ1) is 12.8. The summed E-state index contributed by atoms with van der Waals surface area (Å²) in [6, 6.07) is 1.71. The van der Waals surface area contributed by atoms with Gasteiger partial charge in [-0.05, 0) is 18.9 Å². The average molecular weight is 249 g/mol. The van der Waals surface area contributed by atoms with Gasteiger partial charge in [-0.25, -0.2) is 4.68 Å². The lowest BCUT2D eigenvalue weighted by molar-refractivity contribution is -0.123. The number of anilines is 1. The van der Waals surface area contributed by atoms with Crippen molar-refractivity contribution in [3.8, 4) is 0 Å². The number of aryl methyl sites for hydroxylation is 1. The molecule has 0 aromatic carbocycles. The van der Waals surface area contributed by atoms with Crippen LogP contribution in [0.1, 0.15) is 45.2 Å². The molecular formula is C13H19N3O2. The Labute approximate surface area is 106 Å². The zero-order chi connectivity index (χ0) is 13.5. The molecule has 5 heteroatoms. The average Bonchev–Trinajstić information content (AvgIpc) is 3.06. The van der Waals surface area contributed by atoms with E-state index in [1.165, 1.54) is 4.68 Å². The lowest BCUT2D eigenvalue weighted by atomic mass is 9.95. The van der Waals surface area contributed by atoms with Gasteiger partial charge in [-0.3, -0.25) is 9.59 Å². The van der Waals surface area contributed by atoms with Gasteiger partial charge in [0, 0.05) is 18.4 Å². The summed E-state index contributed by atoms with van der Waals surface area (Å²) < 4.78 is 1.30. The number of nitrogens with one attached hydrogen (secondary N) is 1. The maximum absolute atomic E-state index is 11.9. The number of carbonyl (C=O) groups excluding carboxylic acids is 1. The van der Waals surface area contributed by atoms with E-state index in [0.717, 1.165) is 18.5 Å². The van der Waals surface area contributed by atoms with Gasteiger partial charge in [-0.2, -0.15) is 5.10 Å². The molecule has 1 N–H and O–H groups in total. The lowest BCUT2D eigenvalue weighted by Crippen LogP contribution is -2.32. The highest BCUT2D eigenvalue weighted by atomic mass is 16.2. The fourth-order valence-electron chi connectivity index (χ4n) is 1.61. The van der Waals surface area contributed by atoms with E-state index in [4.69, 9.17) is 0 Å². The SMILES string of the molecule is Cn1nc(C2CC2)cc(NC(=O)C(C)(C)C)c1=O. The van der Waals surface area contributed by atoms with Crippen molar-refractivity contribution in [1.82, 2.24) is 9.78 Å². The topological polar surface area (TPSA) is 64.0 Å². The molecule has 1 aromatic rings. The highest BCUT2D eigenvalue weighted by Crippen LogP contribution is 2.39. The molecule has 0 atom stereocenters. The summed E-state index contributed by atoms with van der Waals surface area (Å²) in [5, 5.41) is 6.92. The maximum Gasteiger partial charge on any atom is 0.290 e. The summed E-state index contributed by atoms with van der Waals surface area (Å²) in [6.07, 6.45) is 2.22. The second-order valence-corrected chi connectivity index (χ2v) is 5.89. The van der Waals surface area contributed by atoms with Crippen LogP contribution >= 0.6 is 0 Å². The Morgan fingerprint density at radius 3 is 2.56 bits per heavy atom. The van der Waals surface area contributed by atoms with Gasteiger partial charge in [0.15, 0.2) is 0 Å². The van der Waals surface area contributed by atoms with Gasteiger partial charge < -0.3 is 5.32 Å². The van der Waals surface area contributed by atoms with Crippen LogP contribution in [0, 0.1) is 5.41 Å². The van der Waals surface area contributed by atoms with Crippen LogP contribution in [0.25, 0.3) is 0 Å². The fourth-order valence-corrected chi connectivity index (χ4v) is 1.61. The maximum atomic E-state index is 11.9. The van der Waals surface area contributed by atoms with E-state index in [1.807, 2.05) is 20.8 Å². The Morgan fingerprint density at radius 1 is 1.44 bits per heavy atom. The molecule has 0 bridgehead atoms. The van der Waals surface area contributed by atoms with Gasteiger partial charge in [0.05, 0.1) is 5.69 Å². The van der Waals surface area contributed by atoms with Gasteiger partial charge in [-0.15, -0.1) is 0 Å². The summed E-state index contributed by atoms with van der Waals surface area (Å²) >= 11 is 0. The normalized spacial score (nSPS) is 15.6. The minimum atomic E-state index is -0.520. The number of aromatic nitrogens is 2. The van der Waals surface area contributed by atoms with Crippen LogP contribution in [0.5, 0.6) is 0 Å². The summed E-state index contributed by atoms with van der Waals surface area (Å²) in [5.74, 6) is 0.287. The monoisotopic (exact) mass is 249 g/mol. The smallest absolute Gasteiger partial charge is 0.290 e. The second-order valence-electron chi connectivity index (χ2n) is 5.89. The Bertz CT molecular complexity index is 536. The molecule has 1 aliphatic carbocycles. The molecule has 1 fully saturated rings. The van der Waals surface area contributed by atoms with Crippen LogP contribution in [-0.2, 0) is 11.8 Å². The summed E-state index contributed by atoms with van der Waals surface area (Å²) in [6.45, 7) is 5.45.